The summed E-state index contributed by atoms with van der Waals surface area (Å²) in [5, 5.41) is 11.4. The van der Waals surface area contributed by atoms with E-state index in [0.29, 0.717) is 6.42 Å². The molecule has 0 aliphatic carbocycles. The standard InChI is InChI=1S/C10H16N2O4/c1-3-5-6-8(13)12(10(16)11-6)7(4-2)9(14)15/h6-7H,3-5H2,1-2H3,(H,11,16)(H,14,15). The first-order chi connectivity index (χ1) is 7.52. The zero-order valence-electron chi connectivity index (χ0n) is 9.40. The Balaban J connectivity index is 2.84. The van der Waals surface area contributed by atoms with Gasteiger partial charge in [-0.05, 0) is 12.8 Å². The summed E-state index contributed by atoms with van der Waals surface area (Å²) in [4.78, 5) is 35.0. The van der Waals surface area contributed by atoms with Crippen LogP contribution in [-0.2, 0) is 9.59 Å². The molecular formula is C10H16N2O4. The van der Waals surface area contributed by atoms with E-state index in [0.717, 1.165) is 11.3 Å². The molecule has 0 aromatic carbocycles. The molecular weight excluding hydrogens is 212 g/mol. The minimum atomic E-state index is -1.15. The maximum atomic E-state index is 11.8. The molecule has 0 spiro atoms. The largest absolute Gasteiger partial charge is 0.480 e. The molecule has 0 bridgehead atoms. The molecule has 1 saturated heterocycles. The van der Waals surface area contributed by atoms with Crippen LogP contribution in [0.3, 0.4) is 0 Å². The molecule has 1 rings (SSSR count). The monoisotopic (exact) mass is 228 g/mol. The van der Waals surface area contributed by atoms with Gasteiger partial charge in [-0.25, -0.2) is 14.5 Å². The first kappa shape index (κ1) is 12.5. The number of aliphatic carboxylic acids is 1. The Hall–Kier alpha value is -1.59. The number of urea groups is 1. The SMILES string of the molecule is CCCC1NC(=O)N(C(CC)C(=O)O)C1=O. The molecule has 1 heterocycles. The third kappa shape index (κ3) is 2.15. The Bertz CT molecular complexity index is 316. The van der Waals surface area contributed by atoms with Crippen molar-refractivity contribution in [2.24, 2.45) is 0 Å². The molecule has 0 aromatic heterocycles. The number of nitrogens with one attached hydrogen (secondary N) is 1. The molecule has 1 aliphatic heterocycles. The van der Waals surface area contributed by atoms with E-state index in [9.17, 15) is 14.4 Å². The number of carbonyl (C=O) groups is 3. The summed E-state index contributed by atoms with van der Waals surface area (Å²) < 4.78 is 0. The van der Waals surface area contributed by atoms with Crippen LogP contribution in [0.25, 0.3) is 0 Å². The lowest BCUT2D eigenvalue weighted by Gasteiger charge is -2.19. The average Bonchev–Trinajstić information content (AvgIpc) is 2.47. The number of hydrogen-bond donors (Lipinski definition) is 2. The normalized spacial score (nSPS) is 22.1. The van der Waals surface area contributed by atoms with Gasteiger partial charge in [0.2, 0.25) is 0 Å². The fourth-order valence-electron chi connectivity index (χ4n) is 1.80. The summed E-state index contributed by atoms with van der Waals surface area (Å²) in [5.41, 5.74) is 0. The van der Waals surface area contributed by atoms with E-state index in [1.165, 1.54) is 0 Å². The van der Waals surface area contributed by atoms with Gasteiger partial charge in [0.25, 0.3) is 5.91 Å². The van der Waals surface area contributed by atoms with E-state index in [1.54, 1.807) is 6.92 Å². The Morgan fingerprint density at radius 3 is 2.56 bits per heavy atom. The Morgan fingerprint density at radius 2 is 2.12 bits per heavy atom. The number of nitrogens with zero attached hydrogens (tertiary/aromatic N) is 1. The maximum absolute atomic E-state index is 11.8. The lowest BCUT2D eigenvalue weighted by atomic mass is 10.1. The molecule has 16 heavy (non-hydrogen) atoms. The van der Waals surface area contributed by atoms with Crippen molar-refractivity contribution in [2.45, 2.75) is 45.2 Å². The zero-order chi connectivity index (χ0) is 12.3. The van der Waals surface area contributed by atoms with Crippen LogP contribution in [0.2, 0.25) is 0 Å². The van der Waals surface area contributed by atoms with Crippen molar-refractivity contribution in [2.75, 3.05) is 0 Å². The van der Waals surface area contributed by atoms with Crippen molar-refractivity contribution in [3.8, 4) is 0 Å². The second-order valence-electron chi connectivity index (χ2n) is 3.76. The smallest absolute Gasteiger partial charge is 0.326 e. The molecule has 2 atom stereocenters. The lowest BCUT2D eigenvalue weighted by molar-refractivity contribution is -0.146. The summed E-state index contributed by atoms with van der Waals surface area (Å²) in [6, 6.07) is -2.22. The number of imide groups is 1. The molecule has 6 nitrogen and oxygen atoms in total. The van der Waals surface area contributed by atoms with Crippen LogP contribution >= 0.6 is 0 Å². The number of rotatable bonds is 5. The second kappa shape index (κ2) is 4.96. The van der Waals surface area contributed by atoms with Crippen LogP contribution in [0, 0.1) is 0 Å². The van der Waals surface area contributed by atoms with Crippen molar-refractivity contribution in [1.82, 2.24) is 10.2 Å². The third-order valence-corrected chi connectivity index (χ3v) is 2.61. The van der Waals surface area contributed by atoms with Gasteiger partial charge in [0.15, 0.2) is 0 Å². The summed E-state index contributed by atoms with van der Waals surface area (Å²) in [6.07, 6.45) is 1.51. The molecule has 1 aliphatic rings. The molecule has 0 saturated carbocycles. The van der Waals surface area contributed by atoms with E-state index in [2.05, 4.69) is 5.32 Å². The predicted octanol–water partition coefficient (Wildman–Crippen LogP) is 0.570. The minimum absolute atomic E-state index is 0.216. The molecule has 0 aromatic rings. The van der Waals surface area contributed by atoms with Crippen LogP contribution in [0.1, 0.15) is 33.1 Å². The number of carbonyl (C=O) groups excluding carboxylic acids is 2. The fourth-order valence-corrected chi connectivity index (χ4v) is 1.80. The summed E-state index contributed by atoms with van der Waals surface area (Å²) in [5.74, 6) is -1.58. The molecule has 6 heteroatoms. The zero-order valence-corrected chi connectivity index (χ0v) is 9.40. The van der Waals surface area contributed by atoms with Crippen LogP contribution < -0.4 is 5.32 Å². The van der Waals surface area contributed by atoms with Crippen LogP contribution in [0.4, 0.5) is 4.79 Å². The first-order valence-corrected chi connectivity index (χ1v) is 5.39. The van der Waals surface area contributed by atoms with E-state index < -0.39 is 30.0 Å². The highest BCUT2D eigenvalue weighted by molar-refractivity contribution is 6.06. The third-order valence-electron chi connectivity index (χ3n) is 2.61. The number of amides is 3. The number of carboxylic acid groups (broad SMARTS) is 1. The van der Waals surface area contributed by atoms with Gasteiger partial charge in [-0.15, -0.1) is 0 Å². The van der Waals surface area contributed by atoms with Crippen LogP contribution in [-0.4, -0.2) is 40.0 Å². The summed E-state index contributed by atoms with van der Waals surface area (Å²) >= 11 is 0. The summed E-state index contributed by atoms with van der Waals surface area (Å²) in [6.45, 7) is 3.53. The second-order valence-corrected chi connectivity index (χ2v) is 3.76. The van der Waals surface area contributed by atoms with Gasteiger partial charge in [0.1, 0.15) is 12.1 Å². The van der Waals surface area contributed by atoms with Crippen molar-refractivity contribution in [1.29, 1.82) is 0 Å². The summed E-state index contributed by atoms with van der Waals surface area (Å²) in [7, 11) is 0. The molecule has 2 unspecified atom stereocenters. The number of hydrogen-bond acceptors (Lipinski definition) is 3. The van der Waals surface area contributed by atoms with E-state index in [1.807, 2.05) is 6.92 Å². The van der Waals surface area contributed by atoms with E-state index in [4.69, 9.17) is 5.11 Å². The highest BCUT2D eigenvalue weighted by atomic mass is 16.4. The first-order valence-electron chi connectivity index (χ1n) is 5.39. The lowest BCUT2D eigenvalue weighted by Crippen LogP contribution is -2.45. The maximum Gasteiger partial charge on any atom is 0.326 e. The van der Waals surface area contributed by atoms with Crippen molar-refractivity contribution >= 4 is 17.9 Å². The Labute approximate surface area is 93.6 Å². The van der Waals surface area contributed by atoms with Crippen molar-refractivity contribution in [3.63, 3.8) is 0 Å². The molecule has 1 fully saturated rings. The highest BCUT2D eigenvalue weighted by Gasteiger charge is 2.43. The van der Waals surface area contributed by atoms with Gasteiger partial charge in [-0.1, -0.05) is 20.3 Å². The molecule has 90 valence electrons. The fraction of sp³-hybridized carbons (Fsp3) is 0.700. The number of carboxylic acids is 1. The van der Waals surface area contributed by atoms with Crippen molar-refractivity contribution < 1.29 is 19.5 Å². The van der Waals surface area contributed by atoms with Crippen molar-refractivity contribution in [3.05, 3.63) is 0 Å². The van der Waals surface area contributed by atoms with Crippen LogP contribution in [0.15, 0.2) is 0 Å². The van der Waals surface area contributed by atoms with Gasteiger partial charge in [0, 0.05) is 0 Å². The molecule has 0 radical (unpaired) electrons. The van der Waals surface area contributed by atoms with E-state index in [-0.39, 0.29) is 6.42 Å². The Kier molecular flexibility index (Phi) is 3.87. The predicted molar refractivity (Wildman–Crippen MR) is 55.8 cm³/mol. The van der Waals surface area contributed by atoms with E-state index >= 15 is 0 Å². The quantitative estimate of drug-likeness (QED) is 0.673. The van der Waals surface area contributed by atoms with Crippen LogP contribution in [0.5, 0.6) is 0 Å². The highest BCUT2D eigenvalue weighted by Crippen LogP contribution is 2.16. The van der Waals surface area contributed by atoms with Gasteiger partial charge in [-0.2, -0.15) is 0 Å². The molecule has 2 N–H and O–H groups in total. The Morgan fingerprint density at radius 1 is 1.50 bits per heavy atom. The minimum Gasteiger partial charge on any atom is -0.480 e. The molecule has 3 amide bonds. The van der Waals surface area contributed by atoms with Gasteiger partial charge < -0.3 is 10.4 Å². The van der Waals surface area contributed by atoms with Gasteiger partial charge in [0.05, 0.1) is 0 Å². The topological polar surface area (TPSA) is 86.7 Å². The van der Waals surface area contributed by atoms with Gasteiger partial charge in [-0.3, -0.25) is 4.79 Å². The average molecular weight is 228 g/mol. The van der Waals surface area contributed by atoms with Gasteiger partial charge >= 0.3 is 12.0 Å².